The molecular weight excluding hydrogens is 474 g/mol. The fourth-order valence-corrected chi connectivity index (χ4v) is 4.95. The molecule has 0 aliphatic rings. The van der Waals surface area contributed by atoms with Crippen LogP contribution in [0.25, 0.3) is 0 Å². The second-order valence-electron chi connectivity index (χ2n) is 7.25. The number of amides is 1. The van der Waals surface area contributed by atoms with Crippen molar-refractivity contribution in [1.29, 1.82) is 0 Å². The van der Waals surface area contributed by atoms with Gasteiger partial charge in [-0.25, -0.2) is 4.98 Å². The van der Waals surface area contributed by atoms with Crippen molar-refractivity contribution >= 4 is 44.0 Å². The number of halogens is 1. The van der Waals surface area contributed by atoms with Crippen LogP contribution >= 0.6 is 27.3 Å². The van der Waals surface area contributed by atoms with Crippen LogP contribution in [0.1, 0.15) is 43.9 Å². The number of nitrogens with one attached hydrogen (secondary N) is 2. The summed E-state index contributed by atoms with van der Waals surface area (Å²) in [5, 5.41) is 7.43. The lowest BCUT2D eigenvalue weighted by Crippen LogP contribution is -2.18. The number of aromatic nitrogens is 1. The number of hydrogen-bond acceptors (Lipinski definition) is 5. The summed E-state index contributed by atoms with van der Waals surface area (Å²) < 4.78 is 6.26. The normalized spacial score (nSPS) is 11.9. The molecule has 0 saturated carbocycles. The molecular formula is C24H22BrN3O2S. The van der Waals surface area contributed by atoms with Gasteiger partial charge in [-0.2, -0.15) is 0 Å². The van der Waals surface area contributed by atoms with Crippen molar-refractivity contribution in [2.45, 2.75) is 26.8 Å². The van der Waals surface area contributed by atoms with Crippen LogP contribution in [0, 0.1) is 20.8 Å². The Bertz CT molecular complexity index is 1220. The van der Waals surface area contributed by atoms with Gasteiger partial charge in [0.2, 0.25) is 0 Å². The highest BCUT2D eigenvalue weighted by molar-refractivity contribution is 9.10. The van der Waals surface area contributed by atoms with Crippen LogP contribution in [0.15, 0.2) is 69.8 Å². The summed E-state index contributed by atoms with van der Waals surface area (Å²) in [6.07, 6.45) is 1.50. The zero-order valence-corrected chi connectivity index (χ0v) is 19.8. The fraction of sp³-hybridized carbons (Fsp3) is 0.167. The molecule has 1 atom stereocenters. The highest BCUT2D eigenvalue weighted by Gasteiger charge is 2.26. The Balaban J connectivity index is 1.79. The van der Waals surface area contributed by atoms with Crippen LogP contribution in [-0.2, 0) is 0 Å². The molecule has 2 N–H and O–H groups in total. The third kappa shape index (κ3) is 4.73. The second-order valence-corrected chi connectivity index (χ2v) is 9.39. The van der Waals surface area contributed by atoms with Crippen LogP contribution in [0.4, 0.5) is 10.8 Å². The molecule has 3 aromatic heterocycles. The molecule has 3 heterocycles. The Kier molecular flexibility index (Phi) is 6.25. The minimum absolute atomic E-state index is 0.205. The van der Waals surface area contributed by atoms with Gasteiger partial charge < -0.3 is 15.1 Å². The maximum absolute atomic E-state index is 12.7. The number of furan rings is 1. The van der Waals surface area contributed by atoms with Crippen molar-refractivity contribution in [3.8, 4) is 0 Å². The average Bonchev–Trinajstić information content (AvgIpc) is 3.36. The first-order chi connectivity index (χ1) is 14.9. The Morgan fingerprint density at radius 3 is 2.61 bits per heavy atom. The van der Waals surface area contributed by atoms with E-state index < -0.39 is 0 Å². The van der Waals surface area contributed by atoms with Crippen LogP contribution in [0.2, 0.25) is 0 Å². The molecule has 7 heteroatoms. The predicted octanol–water partition coefficient (Wildman–Crippen LogP) is 6.88. The van der Waals surface area contributed by atoms with E-state index in [0.717, 1.165) is 42.6 Å². The van der Waals surface area contributed by atoms with Gasteiger partial charge in [0.1, 0.15) is 10.8 Å². The fourth-order valence-electron chi connectivity index (χ4n) is 3.44. The van der Waals surface area contributed by atoms with E-state index in [4.69, 9.17) is 4.42 Å². The van der Waals surface area contributed by atoms with Crippen molar-refractivity contribution in [1.82, 2.24) is 4.98 Å². The van der Waals surface area contributed by atoms with E-state index in [1.54, 1.807) is 23.5 Å². The largest absolute Gasteiger partial charge is 0.459 e. The lowest BCUT2D eigenvalue weighted by atomic mass is 9.96. The summed E-state index contributed by atoms with van der Waals surface area (Å²) in [7, 11) is 0. The lowest BCUT2D eigenvalue weighted by Gasteiger charge is -2.22. The van der Waals surface area contributed by atoms with Gasteiger partial charge in [0.15, 0.2) is 5.76 Å². The van der Waals surface area contributed by atoms with Gasteiger partial charge in [-0.05, 0) is 68.3 Å². The molecule has 4 aromatic rings. The molecule has 0 bridgehead atoms. The third-order valence-corrected chi connectivity index (χ3v) is 6.69. The summed E-state index contributed by atoms with van der Waals surface area (Å²) in [6, 6.07) is 17.2. The van der Waals surface area contributed by atoms with Crippen molar-refractivity contribution in [2.24, 2.45) is 0 Å². The zero-order chi connectivity index (χ0) is 22.0. The van der Waals surface area contributed by atoms with E-state index in [9.17, 15) is 4.79 Å². The molecule has 0 saturated heterocycles. The number of anilines is 2. The number of rotatable bonds is 6. The molecule has 4 rings (SSSR count). The van der Waals surface area contributed by atoms with Gasteiger partial charge in [0, 0.05) is 20.6 Å². The van der Waals surface area contributed by atoms with Crippen LogP contribution < -0.4 is 10.6 Å². The maximum Gasteiger partial charge on any atom is 0.291 e. The van der Waals surface area contributed by atoms with E-state index in [0.29, 0.717) is 0 Å². The summed E-state index contributed by atoms with van der Waals surface area (Å²) in [6.45, 7) is 6.11. The van der Waals surface area contributed by atoms with Crippen molar-refractivity contribution in [3.05, 3.63) is 98.4 Å². The molecule has 0 spiro atoms. The van der Waals surface area contributed by atoms with Gasteiger partial charge >= 0.3 is 0 Å². The lowest BCUT2D eigenvalue weighted by molar-refractivity contribution is 0.0997. The van der Waals surface area contributed by atoms with Crippen LogP contribution in [0.3, 0.4) is 0 Å². The number of pyridine rings is 1. The van der Waals surface area contributed by atoms with Gasteiger partial charge in [-0.1, -0.05) is 34.1 Å². The van der Waals surface area contributed by atoms with E-state index >= 15 is 0 Å². The van der Waals surface area contributed by atoms with Gasteiger partial charge in [0.25, 0.3) is 5.91 Å². The molecule has 0 radical (unpaired) electrons. The molecule has 5 nitrogen and oxygen atoms in total. The van der Waals surface area contributed by atoms with Gasteiger partial charge in [-0.15, -0.1) is 11.3 Å². The first-order valence-corrected chi connectivity index (χ1v) is 11.4. The summed E-state index contributed by atoms with van der Waals surface area (Å²) in [4.78, 5) is 18.5. The first kappa shape index (κ1) is 21.3. The highest BCUT2D eigenvalue weighted by atomic mass is 79.9. The number of benzene rings is 1. The molecule has 1 aromatic carbocycles. The van der Waals surface area contributed by atoms with Crippen LogP contribution in [-0.4, -0.2) is 10.9 Å². The molecule has 1 amide bonds. The number of carbonyl (C=O) groups excluding carboxylic acids is 1. The van der Waals surface area contributed by atoms with E-state index in [1.807, 2.05) is 37.3 Å². The topological polar surface area (TPSA) is 67.2 Å². The summed E-state index contributed by atoms with van der Waals surface area (Å²) >= 11 is 5.15. The number of hydrogen-bond donors (Lipinski definition) is 2. The number of carbonyl (C=O) groups is 1. The monoisotopic (exact) mass is 495 g/mol. The summed E-state index contributed by atoms with van der Waals surface area (Å²) in [5.41, 5.74) is 4.14. The maximum atomic E-state index is 12.7. The van der Waals surface area contributed by atoms with Gasteiger partial charge in [0.05, 0.1) is 12.3 Å². The molecule has 0 aliphatic heterocycles. The molecule has 31 heavy (non-hydrogen) atoms. The average molecular weight is 496 g/mol. The third-order valence-electron chi connectivity index (χ3n) is 5.06. The van der Waals surface area contributed by atoms with Crippen molar-refractivity contribution < 1.29 is 9.21 Å². The Hall–Kier alpha value is -2.90. The zero-order valence-electron chi connectivity index (χ0n) is 17.4. The molecule has 1 unspecified atom stereocenters. The Morgan fingerprint density at radius 1 is 1.10 bits per heavy atom. The van der Waals surface area contributed by atoms with E-state index in [-0.39, 0.29) is 17.7 Å². The van der Waals surface area contributed by atoms with Crippen LogP contribution in [0.5, 0.6) is 0 Å². The smallest absolute Gasteiger partial charge is 0.291 e. The number of nitrogens with zero attached hydrogens (tertiary/aromatic N) is 1. The molecule has 158 valence electrons. The molecule has 0 aliphatic carbocycles. The Labute approximate surface area is 193 Å². The van der Waals surface area contributed by atoms with Crippen molar-refractivity contribution in [2.75, 3.05) is 10.6 Å². The Morgan fingerprint density at radius 2 is 1.90 bits per heavy atom. The predicted molar refractivity (Wildman–Crippen MR) is 129 cm³/mol. The highest BCUT2D eigenvalue weighted by Crippen LogP contribution is 2.41. The first-order valence-electron chi connectivity index (χ1n) is 9.83. The van der Waals surface area contributed by atoms with Gasteiger partial charge in [-0.3, -0.25) is 4.79 Å². The second kappa shape index (κ2) is 9.08. The summed E-state index contributed by atoms with van der Waals surface area (Å²) in [5.74, 6) is 0.785. The molecule has 0 fully saturated rings. The standard InChI is InChI=1S/C24H22BrN3O2S/c1-14-7-4-11-20(26-14)27-22(17-8-5-9-18(25)13-17)21-15(2)16(3)31-24(21)28-23(29)19-10-6-12-30-19/h4-13,22H,1-3H3,(H,26,27)(H,28,29). The minimum Gasteiger partial charge on any atom is -0.459 e. The number of thiophene rings is 1. The number of aryl methyl sites for hydroxylation is 2. The van der Waals surface area contributed by atoms with Crippen molar-refractivity contribution in [3.63, 3.8) is 0 Å². The quantitative estimate of drug-likeness (QED) is 0.306. The van der Waals surface area contributed by atoms with E-state index in [2.05, 4.69) is 57.5 Å². The van der Waals surface area contributed by atoms with E-state index in [1.165, 1.54) is 6.26 Å². The minimum atomic E-state index is -0.269. The SMILES string of the molecule is Cc1cccc(NC(c2cccc(Br)c2)c2c(NC(=O)c3ccco3)sc(C)c2C)n1.